The van der Waals surface area contributed by atoms with E-state index in [-0.39, 0.29) is 18.4 Å². The zero-order chi connectivity index (χ0) is 23.0. The summed E-state index contributed by atoms with van der Waals surface area (Å²) < 4.78 is 9.84. The third-order valence-corrected chi connectivity index (χ3v) is 6.41. The molecule has 1 aromatic carbocycles. The summed E-state index contributed by atoms with van der Waals surface area (Å²) in [6.07, 6.45) is 2.39. The van der Waals surface area contributed by atoms with E-state index in [1.165, 1.54) is 0 Å². The van der Waals surface area contributed by atoms with Gasteiger partial charge in [-0.05, 0) is 38.5 Å². The fourth-order valence-corrected chi connectivity index (χ4v) is 4.58. The van der Waals surface area contributed by atoms with Crippen LogP contribution in [-0.4, -0.2) is 60.2 Å². The monoisotopic (exact) mass is 449 g/mol. The number of likely N-dealkylation sites (tertiary alicyclic amines) is 1. The van der Waals surface area contributed by atoms with E-state index in [1.807, 2.05) is 41.6 Å². The van der Waals surface area contributed by atoms with Gasteiger partial charge in [0, 0.05) is 24.8 Å². The maximum atomic E-state index is 13.0. The molecule has 10 nitrogen and oxygen atoms in total. The molecule has 0 saturated carbocycles. The zero-order valence-electron chi connectivity index (χ0n) is 18.8. The molecule has 10 heteroatoms. The number of carbonyl (C=O) groups excluding carboxylic acids is 2. The van der Waals surface area contributed by atoms with E-state index in [0.717, 1.165) is 17.7 Å². The van der Waals surface area contributed by atoms with Gasteiger partial charge in [-0.15, -0.1) is 5.10 Å². The molecular formula is C23H27N7O3. The van der Waals surface area contributed by atoms with Crippen LogP contribution in [0.25, 0.3) is 0 Å². The second kappa shape index (κ2) is 8.43. The van der Waals surface area contributed by atoms with E-state index in [2.05, 4.69) is 20.7 Å². The second-order valence-corrected chi connectivity index (χ2v) is 8.67. The Kier molecular flexibility index (Phi) is 5.45. The number of amides is 2. The summed E-state index contributed by atoms with van der Waals surface area (Å²) in [5, 5.41) is 15.7. The van der Waals surface area contributed by atoms with Crippen LogP contribution < -0.4 is 5.32 Å². The van der Waals surface area contributed by atoms with Crippen molar-refractivity contribution in [2.45, 2.75) is 52.1 Å². The Morgan fingerprint density at radius 3 is 2.94 bits per heavy atom. The first-order valence-corrected chi connectivity index (χ1v) is 11.2. The topological polar surface area (TPSA) is 107 Å². The van der Waals surface area contributed by atoms with Crippen LogP contribution in [0.15, 0.2) is 36.5 Å². The molecule has 1 saturated heterocycles. The van der Waals surface area contributed by atoms with Gasteiger partial charge in [-0.2, -0.15) is 5.10 Å². The lowest BCUT2D eigenvalue weighted by Gasteiger charge is -2.33. The number of aromatic nitrogens is 5. The Labute approximate surface area is 191 Å². The Balaban J connectivity index is 1.23. The van der Waals surface area contributed by atoms with Crippen molar-refractivity contribution in [3.8, 4) is 0 Å². The predicted molar refractivity (Wildman–Crippen MR) is 118 cm³/mol. The third-order valence-electron chi connectivity index (χ3n) is 6.41. The van der Waals surface area contributed by atoms with E-state index in [9.17, 15) is 9.59 Å². The van der Waals surface area contributed by atoms with Crippen LogP contribution in [0.1, 0.15) is 51.1 Å². The van der Waals surface area contributed by atoms with Crippen molar-refractivity contribution in [3.05, 3.63) is 64.7 Å². The predicted octanol–water partition coefficient (Wildman–Crippen LogP) is 1.55. The first kappa shape index (κ1) is 21.3. The summed E-state index contributed by atoms with van der Waals surface area (Å²) in [5.41, 5.74) is 3.33. The lowest BCUT2D eigenvalue weighted by molar-refractivity contribution is -0.0828. The molecule has 1 atom stereocenters. The third kappa shape index (κ3) is 4.02. The molecule has 33 heavy (non-hydrogen) atoms. The molecule has 1 fully saturated rings. The van der Waals surface area contributed by atoms with Gasteiger partial charge in [-0.1, -0.05) is 22.9 Å². The molecule has 3 aromatic rings. The molecule has 172 valence electrons. The molecule has 0 aliphatic carbocycles. The van der Waals surface area contributed by atoms with Gasteiger partial charge >= 0.3 is 0 Å². The van der Waals surface area contributed by atoms with Crippen molar-refractivity contribution < 1.29 is 14.3 Å². The smallest absolute Gasteiger partial charge is 0.272 e. The Morgan fingerprint density at radius 1 is 1.24 bits per heavy atom. The van der Waals surface area contributed by atoms with Gasteiger partial charge in [0.25, 0.3) is 11.8 Å². The summed E-state index contributed by atoms with van der Waals surface area (Å²) in [6.45, 7) is 6.84. The quantitative estimate of drug-likeness (QED) is 0.633. The molecule has 2 aliphatic rings. The maximum Gasteiger partial charge on any atom is 0.272 e. The maximum absolute atomic E-state index is 13.0. The number of aryl methyl sites for hydroxylation is 2. The average Bonchev–Trinajstić information content (AvgIpc) is 3.55. The Morgan fingerprint density at radius 2 is 2.12 bits per heavy atom. The highest BCUT2D eigenvalue weighted by Gasteiger charge is 2.45. The molecule has 1 spiro atoms. The van der Waals surface area contributed by atoms with E-state index in [1.54, 1.807) is 23.0 Å². The van der Waals surface area contributed by atoms with Gasteiger partial charge in [0.2, 0.25) is 0 Å². The Hall–Kier alpha value is -3.53. The van der Waals surface area contributed by atoms with Crippen LogP contribution in [0.2, 0.25) is 0 Å². The number of ether oxygens (including phenoxy) is 1. The van der Waals surface area contributed by atoms with Crippen LogP contribution in [0.5, 0.6) is 0 Å². The number of nitrogens with zero attached hydrogens (tertiary/aromatic N) is 6. The highest BCUT2D eigenvalue weighted by molar-refractivity contribution is 5.94. The van der Waals surface area contributed by atoms with Crippen LogP contribution >= 0.6 is 0 Å². The lowest BCUT2D eigenvalue weighted by atomic mass is 10.0. The molecular weight excluding hydrogens is 422 g/mol. The van der Waals surface area contributed by atoms with Crippen molar-refractivity contribution >= 4 is 11.8 Å². The molecule has 2 aliphatic heterocycles. The van der Waals surface area contributed by atoms with Gasteiger partial charge in [-0.25, -0.2) is 4.68 Å². The molecule has 0 bridgehead atoms. The van der Waals surface area contributed by atoms with Gasteiger partial charge in [-0.3, -0.25) is 14.3 Å². The van der Waals surface area contributed by atoms with Crippen LogP contribution in [0.4, 0.5) is 0 Å². The van der Waals surface area contributed by atoms with Crippen molar-refractivity contribution in [2.75, 3.05) is 13.1 Å². The van der Waals surface area contributed by atoms with Crippen molar-refractivity contribution in [1.29, 1.82) is 0 Å². The standard InChI is InChI=1S/C23H27N7O3/c1-3-29-19(7-9-25-29)22(32)28-10-8-23(14-28)15-30-20(13-33-23)18(26-27-30)12-24-21(31)17-6-4-5-16(2)11-17/h4-7,9,11H,3,8,10,12-15H2,1-2H3,(H,24,31). The summed E-state index contributed by atoms with van der Waals surface area (Å²) in [4.78, 5) is 27.3. The highest BCUT2D eigenvalue weighted by atomic mass is 16.5. The molecule has 4 heterocycles. The average molecular weight is 450 g/mol. The van der Waals surface area contributed by atoms with Gasteiger partial charge < -0.3 is 15.0 Å². The normalized spacial score (nSPS) is 19.6. The molecule has 2 amide bonds. The van der Waals surface area contributed by atoms with Crippen LogP contribution in [0, 0.1) is 6.92 Å². The van der Waals surface area contributed by atoms with Crippen molar-refractivity contribution in [1.82, 2.24) is 35.0 Å². The summed E-state index contributed by atoms with van der Waals surface area (Å²) in [5.74, 6) is -0.177. The molecule has 2 aromatic heterocycles. The number of nitrogens with one attached hydrogen (secondary N) is 1. The van der Waals surface area contributed by atoms with E-state index < -0.39 is 5.60 Å². The first-order valence-electron chi connectivity index (χ1n) is 11.2. The summed E-state index contributed by atoms with van der Waals surface area (Å²) in [6, 6.07) is 9.21. The van der Waals surface area contributed by atoms with E-state index in [0.29, 0.717) is 49.7 Å². The largest absolute Gasteiger partial charge is 0.365 e. The number of benzene rings is 1. The van der Waals surface area contributed by atoms with Crippen molar-refractivity contribution in [3.63, 3.8) is 0 Å². The fraction of sp³-hybridized carbons (Fsp3) is 0.435. The summed E-state index contributed by atoms with van der Waals surface area (Å²) in [7, 11) is 0. The number of hydrogen-bond donors (Lipinski definition) is 1. The molecule has 1 unspecified atom stereocenters. The molecule has 0 radical (unpaired) electrons. The van der Waals surface area contributed by atoms with E-state index >= 15 is 0 Å². The van der Waals surface area contributed by atoms with Crippen LogP contribution in [0.3, 0.4) is 0 Å². The first-order chi connectivity index (χ1) is 16.0. The minimum atomic E-state index is -0.477. The number of carbonyl (C=O) groups is 2. The van der Waals surface area contributed by atoms with Gasteiger partial charge in [0.15, 0.2) is 0 Å². The van der Waals surface area contributed by atoms with Crippen LogP contribution in [-0.2, 0) is 31.0 Å². The lowest BCUT2D eigenvalue weighted by Crippen LogP contribution is -2.45. The number of rotatable bonds is 5. The fourth-order valence-electron chi connectivity index (χ4n) is 4.58. The summed E-state index contributed by atoms with van der Waals surface area (Å²) >= 11 is 0. The van der Waals surface area contributed by atoms with Crippen molar-refractivity contribution in [2.24, 2.45) is 0 Å². The molecule has 5 rings (SSSR count). The Bertz CT molecular complexity index is 1200. The van der Waals surface area contributed by atoms with Gasteiger partial charge in [0.05, 0.1) is 31.9 Å². The minimum absolute atomic E-state index is 0.0289. The number of hydrogen-bond acceptors (Lipinski definition) is 6. The SMILES string of the molecule is CCn1nccc1C(=O)N1CCC2(C1)Cn1nnc(CNC(=O)c3cccc(C)c3)c1CO2. The highest BCUT2D eigenvalue weighted by Crippen LogP contribution is 2.33. The minimum Gasteiger partial charge on any atom is -0.365 e. The van der Waals surface area contributed by atoms with Gasteiger partial charge in [0.1, 0.15) is 17.0 Å². The second-order valence-electron chi connectivity index (χ2n) is 8.67. The zero-order valence-corrected chi connectivity index (χ0v) is 18.8. The van der Waals surface area contributed by atoms with E-state index in [4.69, 9.17) is 4.74 Å². The molecule has 1 N–H and O–H groups in total. The number of fused-ring (bicyclic) bond motifs is 1.